The summed E-state index contributed by atoms with van der Waals surface area (Å²) in [6.07, 6.45) is 2.57. The molecular formula is C15H31N3O. The molecule has 0 aromatic carbocycles. The average Bonchev–Trinajstić information content (AvgIpc) is 2.68. The van der Waals surface area contributed by atoms with E-state index in [4.69, 9.17) is 5.73 Å². The summed E-state index contributed by atoms with van der Waals surface area (Å²) >= 11 is 0. The molecule has 0 aliphatic carbocycles. The smallest absolute Gasteiger partial charge is 0.222 e. The molecule has 1 rings (SSSR count). The van der Waals surface area contributed by atoms with Crippen LogP contribution in [0.2, 0.25) is 0 Å². The Bertz CT molecular complexity index is 302. The first-order valence-corrected chi connectivity index (χ1v) is 7.41. The minimum Gasteiger partial charge on any atom is -0.341 e. The Labute approximate surface area is 118 Å². The number of rotatable bonds is 6. The molecule has 0 aromatic rings. The highest BCUT2D eigenvalue weighted by Gasteiger charge is 2.33. The van der Waals surface area contributed by atoms with Crippen molar-refractivity contribution in [1.82, 2.24) is 9.80 Å². The van der Waals surface area contributed by atoms with Gasteiger partial charge < -0.3 is 15.5 Å². The van der Waals surface area contributed by atoms with Crippen LogP contribution < -0.4 is 5.73 Å². The number of likely N-dealkylation sites (N-methyl/N-ethyl adjacent to an activating group) is 1. The van der Waals surface area contributed by atoms with Crippen molar-refractivity contribution in [2.45, 2.75) is 46.1 Å². The van der Waals surface area contributed by atoms with Gasteiger partial charge in [0.15, 0.2) is 0 Å². The highest BCUT2D eigenvalue weighted by Crippen LogP contribution is 2.27. The third-order valence-electron chi connectivity index (χ3n) is 4.43. The van der Waals surface area contributed by atoms with Crippen LogP contribution in [0.4, 0.5) is 0 Å². The molecule has 1 saturated heterocycles. The Morgan fingerprint density at radius 1 is 1.32 bits per heavy atom. The van der Waals surface area contributed by atoms with Gasteiger partial charge in [0.25, 0.3) is 0 Å². The lowest BCUT2D eigenvalue weighted by Gasteiger charge is -2.25. The standard InChI is InChI=1S/C15H31N3O/c1-12-10-18(11-13(12)17(4)5)14(19)6-7-15(2,3)8-9-16/h12-13H,6-11,16H2,1-5H3. The van der Waals surface area contributed by atoms with Gasteiger partial charge in [0.05, 0.1) is 0 Å². The first-order chi connectivity index (χ1) is 8.76. The van der Waals surface area contributed by atoms with Crippen molar-refractivity contribution in [2.75, 3.05) is 33.7 Å². The van der Waals surface area contributed by atoms with Crippen LogP contribution in [0, 0.1) is 11.3 Å². The zero-order valence-corrected chi connectivity index (χ0v) is 13.3. The molecule has 1 aliphatic heterocycles. The molecule has 1 aliphatic rings. The van der Waals surface area contributed by atoms with E-state index >= 15 is 0 Å². The molecule has 1 heterocycles. The summed E-state index contributed by atoms with van der Waals surface area (Å²) in [5.74, 6) is 0.872. The monoisotopic (exact) mass is 269 g/mol. The number of carbonyl (C=O) groups is 1. The maximum absolute atomic E-state index is 12.3. The third-order valence-corrected chi connectivity index (χ3v) is 4.43. The highest BCUT2D eigenvalue weighted by atomic mass is 16.2. The van der Waals surface area contributed by atoms with Crippen molar-refractivity contribution in [2.24, 2.45) is 17.1 Å². The van der Waals surface area contributed by atoms with Gasteiger partial charge in [-0.15, -0.1) is 0 Å². The van der Waals surface area contributed by atoms with Crippen LogP contribution in [0.15, 0.2) is 0 Å². The van der Waals surface area contributed by atoms with Crippen molar-refractivity contribution in [3.63, 3.8) is 0 Å². The number of likely N-dealkylation sites (tertiary alicyclic amines) is 1. The molecule has 0 spiro atoms. The quantitative estimate of drug-likeness (QED) is 0.796. The number of nitrogens with zero attached hydrogens (tertiary/aromatic N) is 2. The Balaban J connectivity index is 2.43. The average molecular weight is 269 g/mol. The van der Waals surface area contributed by atoms with Crippen molar-refractivity contribution >= 4 is 5.91 Å². The van der Waals surface area contributed by atoms with E-state index in [1.807, 2.05) is 4.90 Å². The zero-order valence-electron chi connectivity index (χ0n) is 13.3. The fraction of sp³-hybridized carbons (Fsp3) is 0.933. The Kier molecular flexibility index (Phi) is 5.81. The van der Waals surface area contributed by atoms with Gasteiger partial charge in [-0.3, -0.25) is 4.79 Å². The molecule has 1 amide bonds. The Morgan fingerprint density at radius 2 is 1.95 bits per heavy atom. The van der Waals surface area contributed by atoms with E-state index < -0.39 is 0 Å². The normalized spacial score (nSPS) is 24.3. The second-order valence-corrected chi connectivity index (χ2v) is 7.01. The molecule has 112 valence electrons. The van der Waals surface area contributed by atoms with Crippen molar-refractivity contribution in [3.05, 3.63) is 0 Å². The molecule has 2 unspecified atom stereocenters. The van der Waals surface area contributed by atoms with E-state index in [1.165, 1.54) is 0 Å². The van der Waals surface area contributed by atoms with Crippen LogP contribution in [0.5, 0.6) is 0 Å². The van der Waals surface area contributed by atoms with Gasteiger partial charge in [-0.25, -0.2) is 0 Å². The molecule has 1 fully saturated rings. The zero-order chi connectivity index (χ0) is 14.6. The lowest BCUT2D eigenvalue weighted by atomic mass is 9.84. The first-order valence-electron chi connectivity index (χ1n) is 7.41. The van der Waals surface area contributed by atoms with Gasteiger partial charge in [0, 0.05) is 25.6 Å². The van der Waals surface area contributed by atoms with Gasteiger partial charge in [0.2, 0.25) is 5.91 Å². The van der Waals surface area contributed by atoms with Gasteiger partial charge >= 0.3 is 0 Å². The van der Waals surface area contributed by atoms with E-state index in [-0.39, 0.29) is 5.41 Å². The summed E-state index contributed by atoms with van der Waals surface area (Å²) in [4.78, 5) is 16.6. The Hall–Kier alpha value is -0.610. The van der Waals surface area contributed by atoms with Crippen LogP contribution >= 0.6 is 0 Å². The number of carbonyl (C=O) groups excluding carboxylic acids is 1. The summed E-state index contributed by atoms with van der Waals surface area (Å²) in [5, 5.41) is 0. The maximum atomic E-state index is 12.3. The minimum atomic E-state index is 0.177. The molecule has 4 heteroatoms. The van der Waals surface area contributed by atoms with Crippen LogP contribution in [-0.2, 0) is 4.79 Å². The first kappa shape index (κ1) is 16.4. The topological polar surface area (TPSA) is 49.6 Å². The van der Waals surface area contributed by atoms with E-state index in [9.17, 15) is 4.79 Å². The van der Waals surface area contributed by atoms with Crippen molar-refractivity contribution in [3.8, 4) is 0 Å². The summed E-state index contributed by atoms with van der Waals surface area (Å²) in [5.41, 5.74) is 5.79. The Morgan fingerprint density at radius 3 is 2.42 bits per heavy atom. The van der Waals surface area contributed by atoms with Crippen LogP contribution in [-0.4, -0.2) is 55.5 Å². The fourth-order valence-corrected chi connectivity index (χ4v) is 2.94. The molecule has 0 bridgehead atoms. The summed E-state index contributed by atoms with van der Waals surface area (Å²) < 4.78 is 0. The molecule has 0 saturated carbocycles. The predicted octanol–water partition coefficient (Wildman–Crippen LogP) is 1.55. The van der Waals surface area contributed by atoms with Gasteiger partial charge in [-0.2, -0.15) is 0 Å². The molecule has 4 nitrogen and oxygen atoms in total. The number of amides is 1. The molecule has 2 N–H and O–H groups in total. The van der Waals surface area contributed by atoms with Crippen molar-refractivity contribution in [1.29, 1.82) is 0 Å². The highest BCUT2D eigenvalue weighted by molar-refractivity contribution is 5.76. The molecule has 0 radical (unpaired) electrons. The van der Waals surface area contributed by atoms with Crippen LogP contribution in [0.25, 0.3) is 0 Å². The van der Waals surface area contributed by atoms with E-state index in [2.05, 4.69) is 39.8 Å². The van der Waals surface area contributed by atoms with Gasteiger partial charge in [0.1, 0.15) is 0 Å². The SMILES string of the molecule is CC1CN(C(=O)CCC(C)(C)CCN)CC1N(C)C. The van der Waals surface area contributed by atoms with E-state index in [0.717, 1.165) is 25.9 Å². The van der Waals surface area contributed by atoms with Gasteiger partial charge in [-0.1, -0.05) is 20.8 Å². The predicted molar refractivity (Wildman–Crippen MR) is 79.9 cm³/mol. The fourth-order valence-electron chi connectivity index (χ4n) is 2.94. The van der Waals surface area contributed by atoms with Crippen molar-refractivity contribution < 1.29 is 4.79 Å². The summed E-state index contributed by atoms with van der Waals surface area (Å²) in [7, 11) is 4.19. The largest absolute Gasteiger partial charge is 0.341 e. The van der Waals surface area contributed by atoms with Crippen LogP contribution in [0.3, 0.4) is 0 Å². The summed E-state index contributed by atoms with van der Waals surface area (Å²) in [6, 6.07) is 0.501. The maximum Gasteiger partial charge on any atom is 0.222 e. The lowest BCUT2D eigenvalue weighted by Crippen LogP contribution is -2.36. The van der Waals surface area contributed by atoms with E-state index in [1.54, 1.807) is 0 Å². The van der Waals surface area contributed by atoms with Crippen LogP contribution in [0.1, 0.15) is 40.0 Å². The molecular weight excluding hydrogens is 238 g/mol. The second kappa shape index (κ2) is 6.71. The lowest BCUT2D eigenvalue weighted by molar-refractivity contribution is -0.131. The molecule has 2 atom stereocenters. The third kappa shape index (κ3) is 4.77. The number of nitrogens with two attached hydrogens (primary N) is 1. The van der Waals surface area contributed by atoms with Gasteiger partial charge in [-0.05, 0) is 44.8 Å². The van der Waals surface area contributed by atoms with E-state index in [0.29, 0.717) is 30.8 Å². The number of hydrogen-bond donors (Lipinski definition) is 1. The summed E-state index contributed by atoms with van der Waals surface area (Å²) in [6.45, 7) is 9.11. The molecule has 0 aromatic heterocycles. The molecule has 19 heavy (non-hydrogen) atoms. The number of hydrogen-bond acceptors (Lipinski definition) is 3. The second-order valence-electron chi connectivity index (χ2n) is 7.01. The minimum absolute atomic E-state index is 0.177.